The lowest BCUT2D eigenvalue weighted by atomic mass is 9.93. The molecule has 0 heteroatoms. The SMILES string of the molecule is CCCCc1ccc(CCCC)c(-c2ccccc2)c1. The fraction of sp³-hybridized carbons (Fsp3) is 0.400. The van der Waals surface area contributed by atoms with Gasteiger partial charge < -0.3 is 0 Å². The van der Waals surface area contributed by atoms with Gasteiger partial charge >= 0.3 is 0 Å². The number of hydrogen-bond acceptors (Lipinski definition) is 0. The molecule has 0 saturated heterocycles. The molecule has 0 aliphatic carbocycles. The minimum Gasteiger partial charge on any atom is -0.0654 e. The topological polar surface area (TPSA) is 0 Å². The number of hydrogen-bond donors (Lipinski definition) is 0. The zero-order valence-corrected chi connectivity index (χ0v) is 12.9. The van der Waals surface area contributed by atoms with Crippen molar-refractivity contribution in [3.63, 3.8) is 0 Å². The second kappa shape index (κ2) is 7.89. The first kappa shape index (κ1) is 14.8. The van der Waals surface area contributed by atoms with E-state index in [2.05, 4.69) is 62.4 Å². The predicted molar refractivity (Wildman–Crippen MR) is 89.1 cm³/mol. The third-order valence-electron chi connectivity index (χ3n) is 3.88. The van der Waals surface area contributed by atoms with Gasteiger partial charge in [0.25, 0.3) is 0 Å². The molecule has 0 heterocycles. The quantitative estimate of drug-likeness (QED) is 0.573. The van der Waals surface area contributed by atoms with Gasteiger partial charge in [0, 0.05) is 0 Å². The predicted octanol–water partition coefficient (Wildman–Crippen LogP) is 6.04. The van der Waals surface area contributed by atoms with Gasteiger partial charge in [0.15, 0.2) is 0 Å². The molecule has 0 unspecified atom stereocenters. The van der Waals surface area contributed by atoms with Crippen LogP contribution in [-0.4, -0.2) is 0 Å². The van der Waals surface area contributed by atoms with Gasteiger partial charge in [-0.3, -0.25) is 0 Å². The van der Waals surface area contributed by atoms with Gasteiger partial charge in [0.05, 0.1) is 0 Å². The molecule has 0 nitrogen and oxygen atoms in total. The maximum atomic E-state index is 2.41. The van der Waals surface area contributed by atoms with E-state index in [1.165, 1.54) is 60.8 Å². The monoisotopic (exact) mass is 266 g/mol. The Morgan fingerprint density at radius 1 is 0.750 bits per heavy atom. The Bertz CT molecular complexity index is 511. The van der Waals surface area contributed by atoms with Crippen LogP contribution in [0, 0.1) is 0 Å². The van der Waals surface area contributed by atoms with Crippen LogP contribution in [0.1, 0.15) is 50.7 Å². The molecule has 0 radical (unpaired) electrons. The average molecular weight is 266 g/mol. The minimum atomic E-state index is 1.19. The molecule has 20 heavy (non-hydrogen) atoms. The van der Waals surface area contributed by atoms with Crippen molar-refractivity contribution in [2.24, 2.45) is 0 Å². The Balaban J connectivity index is 2.32. The Morgan fingerprint density at radius 3 is 2.15 bits per heavy atom. The van der Waals surface area contributed by atoms with Crippen LogP contribution < -0.4 is 0 Å². The van der Waals surface area contributed by atoms with E-state index in [4.69, 9.17) is 0 Å². The third-order valence-corrected chi connectivity index (χ3v) is 3.88. The van der Waals surface area contributed by atoms with Crippen LogP contribution in [0.2, 0.25) is 0 Å². The van der Waals surface area contributed by atoms with Gasteiger partial charge in [-0.15, -0.1) is 0 Å². The largest absolute Gasteiger partial charge is 0.0654 e. The molecule has 0 aliphatic rings. The van der Waals surface area contributed by atoms with Crippen molar-refractivity contribution in [3.05, 3.63) is 59.7 Å². The van der Waals surface area contributed by atoms with Crippen molar-refractivity contribution in [1.82, 2.24) is 0 Å². The normalized spacial score (nSPS) is 10.7. The highest BCUT2D eigenvalue weighted by Gasteiger charge is 2.06. The van der Waals surface area contributed by atoms with Gasteiger partial charge in [0.1, 0.15) is 0 Å². The summed E-state index contributed by atoms with van der Waals surface area (Å²) in [5.41, 5.74) is 5.77. The molecule has 0 atom stereocenters. The molecular formula is C20H26. The summed E-state index contributed by atoms with van der Waals surface area (Å²) in [4.78, 5) is 0. The maximum Gasteiger partial charge on any atom is -0.0149 e. The van der Waals surface area contributed by atoms with Crippen molar-refractivity contribution in [1.29, 1.82) is 0 Å². The second-order valence-electron chi connectivity index (χ2n) is 5.56. The van der Waals surface area contributed by atoms with Crippen LogP contribution in [0.3, 0.4) is 0 Å². The van der Waals surface area contributed by atoms with Crippen molar-refractivity contribution in [2.75, 3.05) is 0 Å². The summed E-state index contributed by atoms with van der Waals surface area (Å²) in [7, 11) is 0. The summed E-state index contributed by atoms with van der Waals surface area (Å²) in [5, 5.41) is 0. The highest BCUT2D eigenvalue weighted by atomic mass is 14.1. The van der Waals surface area contributed by atoms with Gasteiger partial charge in [-0.25, -0.2) is 0 Å². The summed E-state index contributed by atoms with van der Waals surface area (Å²) in [6, 6.07) is 17.9. The Hall–Kier alpha value is -1.56. The summed E-state index contributed by atoms with van der Waals surface area (Å²) in [6.45, 7) is 4.52. The zero-order chi connectivity index (χ0) is 14.2. The van der Waals surface area contributed by atoms with Gasteiger partial charge in [-0.2, -0.15) is 0 Å². The van der Waals surface area contributed by atoms with Crippen LogP contribution in [-0.2, 0) is 12.8 Å². The third kappa shape index (κ3) is 3.96. The highest BCUT2D eigenvalue weighted by molar-refractivity contribution is 5.68. The molecule has 2 aromatic carbocycles. The van der Waals surface area contributed by atoms with E-state index in [0.29, 0.717) is 0 Å². The molecule has 0 spiro atoms. The first-order chi connectivity index (χ1) is 9.85. The molecule has 0 bridgehead atoms. The summed E-state index contributed by atoms with van der Waals surface area (Å²) in [5.74, 6) is 0. The van der Waals surface area contributed by atoms with Crippen LogP contribution >= 0.6 is 0 Å². The van der Waals surface area contributed by atoms with Crippen molar-refractivity contribution >= 4 is 0 Å². The fourth-order valence-corrected chi connectivity index (χ4v) is 2.63. The summed E-state index contributed by atoms with van der Waals surface area (Å²) in [6.07, 6.45) is 7.46. The molecule has 0 amide bonds. The molecule has 0 aliphatic heterocycles. The lowest BCUT2D eigenvalue weighted by molar-refractivity contribution is 0.787. The van der Waals surface area contributed by atoms with Gasteiger partial charge in [0.2, 0.25) is 0 Å². The average Bonchev–Trinajstić information content (AvgIpc) is 2.52. The fourth-order valence-electron chi connectivity index (χ4n) is 2.63. The smallest absolute Gasteiger partial charge is 0.0149 e. The first-order valence-electron chi connectivity index (χ1n) is 8.02. The molecule has 2 aromatic rings. The minimum absolute atomic E-state index is 1.19. The molecular weight excluding hydrogens is 240 g/mol. The Kier molecular flexibility index (Phi) is 5.86. The van der Waals surface area contributed by atoms with E-state index >= 15 is 0 Å². The molecule has 2 rings (SSSR count). The zero-order valence-electron chi connectivity index (χ0n) is 12.9. The number of unbranched alkanes of at least 4 members (excludes halogenated alkanes) is 2. The van der Waals surface area contributed by atoms with E-state index in [1.54, 1.807) is 0 Å². The van der Waals surface area contributed by atoms with Crippen LogP contribution in [0.25, 0.3) is 11.1 Å². The molecule has 106 valence electrons. The number of benzene rings is 2. The number of aryl methyl sites for hydroxylation is 2. The maximum absolute atomic E-state index is 2.41. The Morgan fingerprint density at radius 2 is 1.45 bits per heavy atom. The van der Waals surface area contributed by atoms with E-state index in [0.717, 1.165) is 0 Å². The molecule has 0 saturated carbocycles. The summed E-state index contributed by atoms with van der Waals surface area (Å²) < 4.78 is 0. The number of rotatable bonds is 7. The van der Waals surface area contributed by atoms with Crippen molar-refractivity contribution < 1.29 is 0 Å². The lowest BCUT2D eigenvalue weighted by Crippen LogP contribution is -1.94. The molecule has 0 fully saturated rings. The second-order valence-corrected chi connectivity index (χ2v) is 5.56. The van der Waals surface area contributed by atoms with Crippen molar-refractivity contribution in [2.45, 2.75) is 52.4 Å². The van der Waals surface area contributed by atoms with E-state index in [-0.39, 0.29) is 0 Å². The van der Waals surface area contributed by atoms with E-state index in [1.807, 2.05) is 0 Å². The lowest BCUT2D eigenvalue weighted by Gasteiger charge is -2.12. The van der Waals surface area contributed by atoms with E-state index < -0.39 is 0 Å². The van der Waals surface area contributed by atoms with Gasteiger partial charge in [-0.05, 0) is 47.9 Å². The standard InChI is InChI=1S/C20H26/c1-3-5-10-17-14-15-19(11-6-4-2)20(16-17)18-12-8-7-9-13-18/h7-9,12-16H,3-6,10-11H2,1-2H3. The van der Waals surface area contributed by atoms with Crippen molar-refractivity contribution in [3.8, 4) is 11.1 Å². The van der Waals surface area contributed by atoms with Gasteiger partial charge in [-0.1, -0.05) is 75.2 Å². The first-order valence-corrected chi connectivity index (χ1v) is 8.02. The highest BCUT2D eigenvalue weighted by Crippen LogP contribution is 2.27. The Labute approximate surface area is 123 Å². The van der Waals surface area contributed by atoms with E-state index in [9.17, 15) is 0 Å². The van der Waals surface area contributed by atoms with Crippen LogP contribution in [0.15, 0.2) is 48.5 Å². The molecule has 0 aromatic heterocycles. The van der Waals surface area contributed by atoms with Crippen LogP contribution in [0.5, 0.6) is 0 Å². The molecule has 0 N–H and O–H groups in total. The summed E-state index contributed by atoms with van der Waals surface area (Å²) >= 11 is 0. The van der Waals surface area contributed by atoms with Crippen LogP contribution in [0.4, 0.5) is 0 Å².